The van der Waals surface area contributed by atoms with Gasteiger partial charge < -0.3 is 19.1 Å². The summed E-state index contributed by atoms with van der Waals surface area (Å²) in [6.45, 7) is 2.23. The Morgan fingerprint density at radius 3 is 2.27 bits per heavy atom. The number of para-hydroxylation sites is 1. The molecule has 0 fully saturated rings. The average Bonchev–Trinajstić information content (AvgIpc) is 2.69. The van der Waals surface area contributed by atoms with Gasteiger partial charge in [-0.2, -0.15) is 8.78 Å². The van der Waals surface area contributed by atoms with E-state index in [1.54, 1.807) is 4.90 Å². The van der Waals surface area contributed by atoms with Crippen molar-refractivity contribution in [1.29, 1.82) is 0 Å². The molecule has 0 spiro atoms. The van der Waals surface area contributed by atoms with Crippen LogP contribution in [0.1, 0.15) is 36.7 Å². The number of carbonyl (C=O) groups is 2. The zero-order chi connectivity index (χ0) is 22.3. The summed E-state index contributed by atoms with van der Waals surface area (Å²) in [6.07, 6.45) is 0. The molecular formula is C22H25F2NO5. The second-order valence-electron chi connectivity index (χ2n) is 7.43. The third-order valence-electron chi connectivity index (χ3n) is 4.25. The van der Waals surface area contributed by atoms with Gasteiger partial charge in [0.15, 0.2) is 18.1 Å². The van der Waals surface area contributed by atoms with E-state index in [1.807, 2.05) is 51.1 Å². The van der Waals surface area contributed by atoms with Crippen LogP contribution < -0.4 is 9.47 Å². The van der Waals surface area contributed by atoms with E-state index in [4.69, 9.17) is 9.47 Å². The number of esters is 1. The van der Waals surface area contributed by atoms with Gasteiger partial charge in [0, 0.05) is 12.1 Å². The maximum Gasteiger partial charge on any atom is 0.387 e. The molecule has 0 aliphatic heterocycles. The zero-order valence-electron chi connectivity index (χ0n) is 17.4. The van der Waals surface area contributed by atoms with Gasteiger partial charge in [0.25, 0.3) is 5.91 Å². The number of alkyl halides is 2. The summed E-state index contributed by atoms with van der Waals surface area (Å²) in [5, 5.41) is 0. The predicted molar refractivity (Wildman–Crippen MR) is 107 cm³/mol. The second-order valence-corrected chi connectivity index (χ2v) is 7.43. The highest BCUT2D eigenvalue weighted by molar-refractivity contribution is 5.95. The first kappa shape index (κ1) is 23.1. The number of hydrogen-bond acceptors (Lipinski definition) is 5. The van der Waals surface area contributed by atoms with E-state index in [9.17, 15) is 18.4 Å². The van der Waals surface area contributed by atoms with Crippen LogP contribution in [0.4, 0.5) is 8.78 Å². The number of halogens is 2. The molecule has 0 saturated heterocycles. The van der Waals surface area contributed by atoms with Crippen molar-refractivity contribution in [3.63, 3.8) is 0 Å². The molecule has 0 N–H and O–H groups in total. The Morgan fingerprint density at radius 1 is 1.03 bits per heavy atom. The molecule has 0 unspecified atom stereocenters. The van der Waals surface area contributed by atoms with Gasteiger partial charge in [-0.15, -0.1) is 0 Å². The van der Waals surface area contributed by atoms with Crippen LogP contribution in [0.5, 0.6) is 11.5 Å². The Hall–Kier alpha value is -3.16. The fraction of sp³-hybridized carbons (Fsp3) is 0.364. The van der Waals surface area contributed by atoms with Crippen LogP contribution >= 0.6 is 0 Å². The summed E-state index contributed by atoms with van der Waals surface area (Å²) >= 11 is 0. The van der Waals surface area contributed by atoms with Crippen LogP contribution in [0.25, 0.3) is 0 Å². The lowest BCUT2D eigenvalue weighted by atomic mass is 10.0. The molecule has 0 aromatic heterocycles. The number of methoxy groups -OCH3 is 1. The maximum atomic E-state index is 12.8. The monoisotopic (exact) mass is 421 g/mol. The van der Waals surface area contributed by atoms with Gasteiger partial charge in [-0.05, 0) is 38.5 Å². The molecule has 1 amide bonds. The van der Waals surface area contributed by atoms with Crippen molar-refractivity contribution in [2.75, 3.05) is 13.7 Å². The third-order valence-corrected chi connectivity index (χ3v) is 4.25. The van der Waals surface area contributed by atoms with Gasteiger partial charge in [-0.1, -0.05) is 36.4 Å². The molecular weight excluding hydrogens is 396 g/mol. The van der Waals surface area contributed by atoms with Crippen LogP contribution in [0.3, 0.4) is 0 Å². The smallest absolute Gasteiger partial charge is 0.387 e. The number of benzene rings is 2. The van der Waals surface area contributed by atoms with Crippen molar-refractivity contribution in [3.8, 4) is 11.5 Å². The van der Waals surface area contributed by atoms with Crippen molar-refractivity contribution in [1.82, 2.24) is 4.90 Å². The van der Waals surface area contributed by atoms with Gasteiger partial charge in [0.1, 0.15) is 5.56 Å². The minimum Gasteiger partial charge on any atom is -0.493 e. The van der Waals surface area contributed by atoms with E-state index in [-0.39, 0.29) is 11.3 Å². The molecule has 2 aromatic carbocycles. The molecule has 162 valence electrons. The zero-order valence-corrected chi connectivity index (χ0v) is 17.4. The fourth-order valence-electron chi connectivity index (χ4n) is 2.80. The molecule has 30 heavy (non-hydrogen) atoms. The Balaban J connectivity index is 2.15. The number of rotatable bonds is 8. The van der Waals surface area contributed by atoms with Gasteiger partial charge in [0.05, 0.1) is 7.11 Å². The third kappa shape index (κ3) is 6.17. The normalized spacial score (nSPS) is 11.2. The van der Waals surface area contributed by atoms with Crippen LogP contribution in [-0.4, -0.2) is 42.6 Å². The number of hydrogen-bond donors (Lipinski definition) is 0. The highest BCUT2D eigenvalue weighted by atomic mass is 19.3. The number of nitrogens with zero attached hydrogens (tertiary/aromatic N) is 1. The Kier molecular flexibility index (Phi) is 7.74. The van der Waals surface area contributed by atoms with E-state index in [0.29, 0.717) is 6.54 Å². The summed E-state index contributed by atoms with van der Waals surface area (Å²) in [5.41, 5.74) is 0.138. The maximum absolute atomic E-state index is 12.8. The van der Waals surface area contributed by atoms with Gasteiger partial charge in [-0.3, -0.25) is 4.79 Å². The van der Waals surface area contributed by atoms with E-state index in [1.165, 1.54) is 25.3 Å². The van der Waals surface area contributed by atoms with E-state index >= 15 is 0 Å². The Bertz CT molecular complexity index is 866. The van der Waals surface area contributed by atoms with E-state index < -0.39 is 36.4 Å². The predicted octanol–water partition coefficient (Wildman–Crippen LogP) is 4.28. The van der Waals surface area contributed by atoms with Gasteiger partial charge in [0.2, 0.25) is 0 Å². The lowest BCUT2D eigenvalue weighted by Gasteiger charge is -2.35. The van der Waals surface area contributed by atoms with Crippen LogP contribution in [-0.2, 0) is 16.1 Å². The van der Waals surface area contributed by atoms with Crippen molar-refractivity contribution >= 4 is 11.9 Å². The Labute approximate surface area is 174 Å². The van der Waals surface area contributed by atoms with Gasteiger partial charge in [-0.25, -0.2) is 4.79 Å². The molecule has 0 heterocycles. The van der Waals surface area contributed by atoms with E-state index in [2.05, 4.69) is 4.74 Å². The highest BCUT2D eigenvalue weighted by Gasteiger charge is 2.28. The molecule has 0 bridgehead atoms. The molecule has 2 aromatic rings. The lowest BCUT2D eigenvalue weighted by molar-refractivity contribution is -0.140. The molecule has 0 saturated carbocycles. The van der Waals surface area contributed by atoms with Crippen molar-refractivity contribution < 1.29 is 32.6 Å². The van der Waals surface area contributed by atoms with Crippen LogP contribution in [0.2, 0.25) is 0 Å². The lowest BCUT2D eigenvalue weighted by Crippen LogP contribution is -2.46. The number of ether oxygens (including phenoxy) is 3. The highest BCUT2D eigenvalue weighted by Crippen LogP contribution is 2.33. The minimum absolute atomic E-state index is 0.0449. The summed E-state index contributed by atoms with van der Waals surface area (Å²) in [7, 11) is 1.26. The van der Waals surface area contributed by atoms with Crippen molar-refractivity contribution in [2.24, 2.45) is 0 Å². The summed E-state index contributed by atoms with van der Waals surface area (Å²) in [5.74, 6) is -1.87. The molecule has 6 nitrogen and oxygen atoms in total. The first-order valence-corrected chi connectivity index (χ1v) is 9.26. The quantitative estimate of drug-likeness (QED) is 0.596. The summed E-state index contributed by atoms with van der Waals surface area (Å²) in [6, 6.07) is 13.5. The molecule has 8 heteroatoms. The summed E-state index contributed by atoms with van der Waals surface area (Å²) < 4.78 is 40.0. The fourth-order valence-corrected chi connectivity index (χ4v) is 2.80. The molecule has 0 atom stereocenters. The SMILES string of the molecule is COc1cccc(C(=O)OCC(=O)N(Cc2ccccc2)C(C)(C)C)c1OC(F)F. The first-order valence-electron chi connectivity index (χ1n) is 9.26. The van der Waals surface area contributed by atoms with Crippen LogP contribution in [0, 0.1) is 0 Å². The van der Waals surface area contributed by atoms with Crippen LogP contribution in [0.15, 0.2) is 48.5 Å². The topological polar surface area (TPSA) is 65.1 Å². The number of amides is 1. The van der Waals surface area contributed by atoms with Crippen molar-refractivity contribution in [2.45, 2.75) is 39.5 Å². The average molecular weight is 421 g/mol. The summed E-state index contributed by atoms with van der Waals surface area (Å²) in [4.78, 5) is 26.8. The minimum atomic E-state index is -3.16. The largest absolute Gasteiger partial charge is 0.493 e. The van der Waals surface area contributed by atoms with Crippen molar-refractivity contribution in [3.05, 3.63) is 59.7 Å². The molecule has 2 rings (SSSR count). The standard InChI is InChI=1S/C22H25F2NO5/c1-22(2,3)25(13-15-9-6-5-7-10-15)18(26)14-29-20(27)16-11-8-12-17(28-4)19(16)30-21(23)24/h5-12,21H,13-14H2,1-4H3. The first-order chi connectivity index (χ1) is 14.1. The Morgan fingerprint density at radius 2 is 1.70 bits per heavy atom. The van der Waals surface area contributed by atoms with Gasteiger partial charge >= 0.3 is 12.6 Å². The molecule has 0 radical (unpaired) electrons. The molecule has 0 aliphatic carbocycles. The molecule has 0 aliphatic rings. The van der Waals surface area contributed by atoms with E-state index in [0.717, 1.165) is 5.56 Å². The second kappa shape index (κ2) is 10.0. The number of carbonyl (C=O) groups excluding carboxylic acids is 2.